The lowest BCUT2D eigenvalue weighted by molar-refractivity contribution is 0.138. The van der Waals surface area contributed by atoms with Crippen LogP contribution in [0.3, 0.4) is 0 Å². The van der Waals surface area contributed by atoms with Gasteiger partial charge < -0.3 is 5.32 Å². The van der Waals surface area contributed by atoms with Crippen molar-refractivity contribution >= 4 is 0 Å². The smallest absolute Gasteiger partial charge is 0.280 e. The first-order valence-electron chi connectivity index (χ1n) is 6.14. The highest BCUT2D eigenvalue weighted by molar-refractivity contribution is 5.25. The number of aromatic nitrogens is 2. The zero-order chi connectivity index (χ0) is 13.8. The first-order valence-corrected chi connectivity index (χ1v) is 6.14. The molecule has 0 radical (unpaired) electrons. The molecule has 0 aliphatic rings. The zero-order valence-electron chi connectivity index (χ0n) is 11.0. The highest BCUT2D eigenvalue weighted by atomic mass is 19.3. The quantitative estimate of drug-likeness (QED) is 0.901. The molecule has 0 saturated carbocycles. The second kappa shape index (κ2) is 5.93. The van der Waals surface area contributed by atoms with Crippen LogP contribution in [0.4, 0.5) is 8.78 Å². The molecular weight excluding hydrogens is 248 g/mol. The third kappa shape index (κ3) is 3.17. The number of alkyl halides is 2. The summed E-state index contributed by atoms with van der Waals surface area (Å²) in [6.07, 6.45) is -1.01. The molecule has 5 heteroatoms. The van der Waals surface area contributed by atoms with Crippen molar-refractivity contribution in [3.63, 3.8) is 0 Å². The van der Waals surface area contributed by atoms with Crippen LogP contribution in [0.15, 0.2) is 30.5 Å². The van der Waals surface area contributed by atoms with Gasteiger partial charge in [-0.2, -0.15) is 5.10 Å². The Labute approximate surface area is 111 Å². The molecule has 2 rings (SSSR count). The molecular formula is C14H17F2N3. The summed E-state index contributed by atoms with van der Waals surface area (Å²) in [4.78, 5) is 0. The summed E-state index contributed by atoms with van der Waals surface area (Å²) in [6.45, 7) is 2.74. The Morgan fingerprint density at radius 2 is 2.16 bits per heavy atom. The first kappa shape index (κ1) is 13.7. The van der Waals surface area contributed by atoms with Crippen molar-refractivity contribution in [3.8, 4) is 0 Å². The van der Waals surface area contributed by atoms with Crippen LogP contribution in [-0.4, -0.2) is 16.8 Å². The average molecular weight is 265 g/mol. The van der Waals surface area contributed by atoms with Crippen molar-refractivity contribution in [1.82, 2.24) is 15.1 Å². The van der Waals surface area contributed by atoms with Crippen LogP contribution in [0.2, 0.25) is 0 Å². The highest BCUT2D eigenvalue weighted by Crippen LogP contribution is 2.23. The minimum absolute atomic E-state index is 0.00384. The van der Waals surface area contributed by atoms with E-state index in [1.165, 1.54) is 10.9 Å². The van der Waals surface area contributed by atoms with E-state index in [1.54, 1.807) is 7.05 Å². The Balaban J connectivity index is 2.29. The molecule has 0 unspecified atom stereocenters. The van der Waals surface area contributed by atoms with Crippen LogP contribution in [0.5, 0.6) is 0 Å². The molecule has 0 saturated heterocycles. The topological polar surface area (TPSA) is 29.9 Å². The second-order valence-corrected chi connectivity index (χ2v) is 4.53. The van der Waals surface area contributed by atoms with Gasteiger partial charge in [0.05, 0.1) is 12.7 Å². The van der Waals surface area contributed by atoms with Crippen LogP contribution in [0.1, 0.15) is 28.8 Å². The number of benzene rings is 1. The molecule has 1 N–H and O–H groups in total. The molecule has 2 aromatic rings. The summed E-state index contributed by atoms with van der Waals surface area (Å²) in [7, 11) is 1.73. The molecule has 0 bridgehead atoms. The van der Waals surface area contributed by atoms with Gasteiger partial charge in [0.25, 0.3) is 6.43 Å². The third-order valence-electron chi connectivity index (χ3n) is 2.95. The molecule has 0 aliphatic heterocycles. The van der Waals surface area contributed by atoms with Crippen molar-refractivity contribution in [2.75, 3.05) is 7.05 Å². The molecule has 1 heterocycles. The van der Waals surface area contributed by atoms with Crippen molar-refractivity contribution in [2.24, 2.45) is 0 Å². The van der Waals surface area contributed by atoms with E-state index in [0.29, 0.717) is 18.7 Å². The molecule has 0 amide bonds. The van der Waals surface area contributed by atoms with E-state index in [2.05, 4.69) is 10.4 Å². The van der Waals surface area contributed by atoms with Gasteiger partial charge in [0.1, 0.15) is 5.69 Å². The lowest BCUT2D eigenvalue weighted by Crippen LogP contribution is -2.11. The first-order chi connectivity index (χ1) is 9.11. The zero-order valence-corrected chi connectivity index (χ0v) is 11.0. The van der Waals surface area contributed by atoms with E-state index in [1.807, 2.05) is 31.2 Å². The van der Waals surface area contributed by atoms with E-state index in [4.69, 9.17) is 0 Å². The molecule has 19 heavy (non-hydrogen) atoms. The van der Waals surface area contributed by atoms with E-state index in [9.17, 15) is 8.78 Å². The number of hydrogen-bond acceptors (Lipinski definition) is 2. The van der Waals surface area contributed by atoms with Crippen LogP contribution < -0.4 is 5.32 Å². The van der Waals surface area contributed by atoms with Crippen LogP contribution in [-0.2, 0) is 13.1 Å². The van der Waals surface area contributed by atoms with Gasteiger partial charge >= 0.3 is 0 Å². The Kier molecular flexibility index (Phi) is 4.27. The normalized spacial score (nSPS) is 11.2. The maximum Gasteiger partial charge on any atom is 0.280 e. The molecule has 1 aromatic heterocycles. The lowest BCUT2D eigenvalue weighted by atomic mass is 10.1. The lowest BCUT2D eigenvalue weighted by Gasteiger charge is -2.09. The highest BCUT2D eigenvalue weighted by Gasteiger charge is 2.19. The number of nitrogens with one attached hydrogen (secondary N) is 1. The van der Waals surface area contributed by atoms with E-state index in [0.717, 1.165) is 11.1 Å². The molecule has 0 spiro atoms. The predicted molar refractivity (Wildman–Crippen MR) is 70.2 cm³/mol. The summed E-state index contributed by atoms with van der Waals surface area (Å²) in [5, 5.41) is 6.96. The Morgan fingerprint density at radius 3 is 2.79 bits per heavy atom. The fraction of sp³-hybridized carbons (Fsp3) is 0.357. The molecule has 3 nitrogen and oxygen atoms in total. The fourth-order valence-electron chi connectivity index (χ4n) is 2.12. The van der Waals surface area contributed by atoms with Gasteiger partial charge in [-0.25, -0.2) is 8.78 Å². The Hall–Kier alpha value is -1.75. The van der Waals surface area contributed by atoms with Crippen molar-refractivity contribution in [2.45, 2.75) is 26.4 Å². The van der Waals surface area contributed by atoms with Gasteiger partial charge in [0.15, 0.2) is 0 Å². The van der Waals surface area contributed by atoms with Crippen molar-refractivity contribution in [3.05, 3.63) is 52.8 Å². The van der Waals surface area contributed by atoms with Crippen molar-refractivity contribution in [1.29, 1.82) is 0 Å². The summed E-state index contributed by atoms with van der Waals surface area (Å²) in [5.41, 5.74) is 2.63. The van der Waals surface area contributed by atoms with Crippen LogP contribution in [0, 0.1) is 6.92 Å². The van der Waals surface area contributed by atoms with Gasteiger partial charge in [-0.3, -0.25) is 4.68 Å². The summed E-state index contributed by atoms with van der Waals surface area (Å²) in [5.74, 6) is 0. The van der Waals surface area contributed by atoms with Gasteiger partial charge in [0.2, 0.25) is 0 Å². The maximum absolute atomic E-state index is 13.1. The Bertz CT molecular complexity index is 549. The van der Waals surface area contributed by atoms with Gasteiger partial charge in [-0.15, -0.1) is 0 Å². The summed E-state index contributed by atoms with van der Waals surface area (Å²) < 4.78 is 27.7. The molecule has 0 fully saturated rings. The van der Waals surface area contributed by atoms with Crippen molar-refractivity contribution < 1.29 is 8.78 Å². The third-order valence-corrected chi connectivity index (χ3v) is 2.95. The monoisotopic (exact) mass is 265 g/mol. The average Bonchev–Trinajstić information content (AvgIpc) is 2.72. The predicted octanol–water partition coefficient (Wildman–Crippen LogP) is 2.90. The van der Waals surface area contributed by atoms with Gasteiger partial charge in [-0.05, 0) is 19.5 Å². The molecule has 1 aromatic carbocycles. The minimum Gasteiger partial charge on any atom is -0.316 e. The van der Waals surface area contributed by atoms with E-state index < -0.39 is 6.43 Å². The number of halogens is 2. The molecule has 102 valence electrons. The van der Waals surface area contributed by atoms with Gasteiger partial charge in [-0.1, -0.05) is 29.8 Å². The number of hydrogen-bond donors (Lipinski definition) is 1. The molecule has 0 aliphatic carbocycles. The number of nitrogens with zero attached hydrogens (tertiary/aromatic N) is 2. The van der Waals surface area contributed by atoms with Crippen LogP contribution in [0.25, 0.3) is 0 Å². The second-order valence-electron chi connectivity index (χ2n) is 4.53. The number of rotatable bonds is 5. The SMILES string of the molecule is CNCc1cnn(Cc2cccc(C)c2)c1C(F)F. The Morgan fingerprint density at radius 1 is 1.37 bits per heavy atom. The van der Waals surface area contributed by atoms with Gasteiger partial charge in [0, 0.05) is 12.1 Å². The summed E-state index contributed by atoms with van der Waals surface area (Å²) in [6, 6.07) is 7.80. The fourth-order valence-corrected chi connectivity index (χ4v) is 2.12. The van der Waals surface area contributed by atoms with E-state index >= 15 is 0 Å². The molecule has 0 atom stereocenters. The standard InChI is InChI=1S/C14H17F2N3/c1-10-4-3-5-11(6-10)9-19-13(14(15)16)12(7-17-2)8-18-19/h3-6,8,14,17H,7,9H2,1-2H3. The maximum atomic E-state index is 13.1. The number of aryl methyl sites for hydroxylation is 1. The minimum atomic E-state index is -2.52. The summed E-state index contributed by atoms with van der Waals surface area (Å²) >= 11 is 0. The van der Waals surface area contributed by atoms with Crippen LogP contribution >= 0.6 is 0 Å². The van der Waals surface area contributed by atoms with E-state index in [-0.39, 0.29) is 5.69 Å². The largest absolute Gasteiger partial charge is 0.316 e.